The molecule has 0 spiro atoms. The van der Waals surface area contributed by atoms with E-state index in [1.54, 1.807) is 0 Å². The second-order valence-corrected chi connectivity index (χ2v) is 1.34. The Labute approximate surface area is 49.5 Å². The second kappa shape index (κ2) is 4.63. The Kier molecular flexibility index (Phi) is 4.33. The Morgan fingerprint density at radius 3 is 2.88 bits per heavy atom. The first kappa shape index (κ1) is 7.48. The molecule has 0 aromatic carbocycles. The van der Waals surface area contributed by atoms with Crippen LogP contribution in [0.1, 0.15) is 6.92 Å². The van der Waals surface area contributed by atoms with Crippen molar-refractivity contribution in [3.8, 4) is 12.3 Å². The number of terminal acetylenes is 1. The van der Waals surface area contributed by atoms with Gasteiger partial charge in [-0.3, -0.25) is 0 Å². The Hall–Kier alpha value is -0.520. The molecule has 8 heavy (non-hydrogen) atoms. The van der Waals surface area contributed by atoms with Gasteiger partial charge >= 0.3 is 0 Å². The highest BCUT2D eigenvalue weighted by atomic mass is 16.5. The minimum Gasteiger partial charge on any atom is -0.378 e. The summed E-state index contributed by atoms with van der Waals surface area (Å²) in [7, 11) is 0. The van der Waals surface area contributed by atoms with E-state index in [1.165, 1.54) is 0 Å². The molecule has 0 unspecified atom stereocenters. The van der Waals surface area contributed by atoms with E-state index in [-0.39, 0.29) is 6.61 Å². The van der Waals surface area contributed by atoms with Crippen LogP contribution in [0, 0.1) is 12.3 Å². The molecule has 0 radical (unpaired) electrons. The monoisotopic (exact) mass is 114 g/mol. The summed E-state index contributed by atoms with van der Waals surface area (Å²) in [5.41, 5.74) is 0. The van der Waals surface area contributed by atoms with Gasteiger partial charge in [0.05, 0.1) is 6.61 Å². The standard InChI is InChI=1S/C6H10O2/c1-3-6(7)5-8-4-2/h1,6-7H,4-5H2,2H3/t6-/m1/s1. The molecular weight excluding hydrogens is 104 g/mol. The van der Waals surface area contributed by atoms with Crippen molar-refractivity contribution >= 4 is 0 Å². The molecule has 0 rings (SSSR count). The van der Waals surface area contributed by atoms with Crippen LogP contribution in [0.25, 0.3) is 0 Å². The molecule has 0 aromatic heterocycles. The highest BCUT2D eigenvalue weighted by molar-refractivity contribution is 4.92. The normalized spacial score (nSPS) is 12.6. The predicted octanol–water partition coefficient (Wildman–Crippen LogP) is 0.0170. The summed E-state index contributed by atoms with van der Waals surface area (Å²) in [5, 5.41) is 8.63. The van der Waals surface area contributed by atoms with Gasteiger partial charge in [-0.1, -0.05) is 5.92 Å². The van der Waals surface area contributed by atoms with Crippen LogP contribution in [0.15, 0.2) is 0 Å². The lowest BCUT2D eigenvalue weighted by atomic mass is 10.4. The summed E-state index contributed by atoms with van der Waals surface area (Å²) in [6, 6.07) is 0. The summed E-state index contributed by atoms with van der Waals surface area (Å²) in [6.45, 7) is 2.69. The van der Waals surface area contributed by atoms with Crippen molar-refractivity contribution in [3.05, 3.63) is 0 Å². The van der Waals surface area contributed by atoms with Crippen LogP contribution in [-0.4, -0.2) is 24.4 Å². The smallest absolute Gasteiger partial charge is 0.137 e. The van der Waals surface area contributed by atoms with E-state index < -0.39 is 6.10 Å². The predicted molar refractivity (Wildman–Crippen MR) is 31.3 cm³/mol. The van der Waals surface area contributed by atoms with Crippen LogP contribution in [-0.2, 0) is 4.74 Å². The number of rotatable bonds is 3. The third-order valence-corrected chi connectivity index (χ3v) is 0.672. The molecule has 0 saturated heterocycles. The van der Waals surface area contributed by atoms with Gasteiger partial charge in [0.15, 0.2) is 0 Å². The first-order valence-corrected chi connectivity index (χ1v) is 2.53. The molecule has 0 amide bonds. The van der Waals surface area contributed by atoms with Crippen molar-refractivity contribution in [3.63, 3.8) is 0 Å². The molecule has 46 valence electrons. The lowest BCUT2D eigenvalue weighted by Gasteiger charge is -2.00. The van der Waals surface area contributed by atoms with Gasteiger partial charge in [0.25, 0.3) is 0 Å². The van der Waals surface area contributed by atoms with E-state index in [1.807, 2.05) is 6.92 Å². The Morgan fingerprint density at radius 1 is 1.88 bits per heavy atom. The zero-order valence-electron chi connectivity index (χ0n) is 4.92. The number of aliphatic hydroxyl groups excluding tert-OH is 1. The summed E-state index contributed by atoms with van der Waals surface area (Å²) >= 11 is 0. The van der Waals surface area contributed by atoms with E-state index in [4.69, 9.17) is 16.3 Å². The number of aliphatic hydroxyl groups is 1. The second-order valence-electron chi connectivity index (χ2n) is 1.34. The maximum Gasteiger partial charge on any atom is 0.137 e. The lowest BCUT2D eigenvalue weighted by Crippen LogP contribution is -2.11. The van der Waals surface area contributed by atoms with Crippen LogP contribution >= 0.6 is 0 Å². The Balaban J connectivity index is 3.02. The molecule has 1 atom stereocenters. The topological polar surface area (TPSA) is 29.5 Å². The zero-order chi connectivity index (χ0) is 6.41. The molecule has 0 fully saturated rings. The van der Waals surface area contributed by atoms with Crippen molar-refractivity contribution in [2.45, 2.75) is 13.0 Å². The summed E-state index contributed by atoms with van der Waals surface area (Å²) in [4.78, 5) is 0. The first-order valence-electron chi connectivity index (χ1n) is 2.53. The quantitative estimate of drug-likeness (QED) is 0.524. The lowest BCUT2D eigenvalue weighted by molar-refractivity contribution is 0.0714. The third-order valence-electron chi connectivity index (χ3n) is 0.672. The van der Waals surface area contributed by atoms with Gasteiger partial charge in [-0.2, -0.15) is 0 Å². The van der Waals surface area contributed by atoms with Gasteiger partial charge in [0, 0.05) is 6.61 Å². The van der Waals surface area contributed by atoms with Crippen LogP contribution in [0.4, 0.5) is 0 Å². The SMILES string of the molecule is C#C[C@@H](O)COCC. The number of hydrogen-bond donors (Lipinski definition) is 1. The highest BCUT2D eigenvalue weighted by Crippen LogP contribution is 1.80. The van der Waals surface area contributed by atoms with E-state index in [0.29, 0.717) is 6.61 Å². The Bertz CT molecular complexity index is 83.0. The molecule has 0 aliphatic carbocycles. The minimum absolute atomic E-state index is 0.243. The summed E-state index contributed by atoms with van der Waals surface area (Å²) in [6.07, 6.45) is 4.09. The van der Waals surface area contributed by atoms with Gasteiger partial charge in [-0.05, 0) is 6.92 Å². The molecule has 0 saturated carbocycles. The van der Waals surface area contributed by atoms with Crippen molar-refractivity contribution in [1.29, 1.82) is 0 Å². The molecule has 0 aromatic rings. The molecule has 1 N–H and O–H groups in total. The van der Waals surface area contributed by atoms with Crippen LogP contribution in [0.3, 0.4) is 0 Å². The fourth-order valence-electron chi connectivity index (χ4n) is 0.278. The fourth-order valence-corrected chi connectivity index (χ4v) is 0.278. The van der Waals surface area contributed by atoms with Gasteiger partial charge in [-0.25, -0.2) is 0 Å². The van der Waals surface area contributed by atoms with Gasteiger partial charge in [0.1, 0.15) is 6.10 Å². The third kappa shape index (κ3) is 3.66. The Morgan fingerprint density at radius 2 is 2.50 bits per heavy atom. The molecule has 0 aliphatic heterocycles. The first-order chi connectivity index (χ1) is 3.81. The van der Waals surface area contributed by atoms with E-state index >= 15 is 0 Å². The van der Waals surface area contributed by atoms with Gasteiger partial charge in [0.2, 0.25) is 0 Å². The fraction of sp³-hybridized carbons (Fsp3) is 0.667. The van der Waals surface area contributed by atoms with Crippen molar-refractivity contribution < 1.29 is 9.84 Å². The van der Waals surface area contributed by atoms with Crippen LogP contribution in [0.2, 0.25) is 0 Å². The maximum absolute atomic E-state index is 8.63. The highest BCUT2D eigenvalue weighted by Gasteiger charge is 1.94. The molecule has 0 bridgehead atoms. The van der Waals surface area contributed by atoms with Crippen LogP contribution in [0.5, 0.6) is 0 Å². The molecule has 0 aliphatic rings. The molecule has 2 nitrogen and oxygen atoms in total. The molecular formula is C6H10O2. The number of hydrogen-bond acceptors (Lipinski definition) is 2. The van der Waals surface area contributed by atoms with E-state index in [0.717, 1.165) is 0 Å². The molecule has 0 heterocycles. The maximum atomic E-state index is 8.63. The van der Waals surface area contributed by atoms with Crippen molar-refractivity contribution in [1.82, 2.24) is 0 Å². The minimum atomic E-state index is -0.741. The zero-order valence-corrected chi connectivity index (χ0v) is 4.92. The average molecular weight is 114 g/mol. The number of ether oxygens (including phenoxy) is 1. The summed E-state index contributed by atoms with van der Waals surface area (Å²) < 4.78 is 4.79. The van der Waals surface area contributed by atoms with Crippen molar-refractivity contribution in [2.75, 3.05) is 13.2 Å². The average Bonchev–Trinajstić information content (AvgIpc) is 1.83. The van der Waals surface area contributed by atoms with E-state index in [2.05, 4.69) is 5.92 Å². The summed E-state index contributed by atoms with van der Waals surface area (Å²) in [5.74, 6) is 2.13. The van der Waals surface area contributed by atoms with Gasteiger partial charge < -0.3 is 9.84 Å². The largest absolute Gasteiger partial charge is 0.378 e. The van der Waals surface area contributed by atoms with Gasteiger partial charge in [-0.15, -0.1) is 6.42 Å². The molecule has 2 heteroatoms. The van der Waals surface area contributed by atoms with E-state index in [9.17, 15) is 0 Å². The van der Waals surface area contributed by atoms with Crippen LogP contribution < -0.4 is 0 Å². The van der Waals surface area contributed by atoms with Crippen molar-refractivity contribution in [2.24, 2.45) is 0 Å².